The van der Waals surface area contributed by atoms with E-state index in [2.05, 4.69) is 9.55 Å². The Kier molecular flexibility index (Phi) is 7.76. The fourth-order valence-corrected chi connectivity index (χ4v) is 4.92. The van der Waals surface area contributed by atoms with E-state index in [0.717, 1.165) is 61.3 Å². The number of imidazole rings is 1. The Morgan fingerprint density at radius 2 is 1.92 bits per heavy atom. The molecule has 0 radical (unpaired) electrons. The summed E-state index contributed by atoms with van der Waals surface area (Å²) < 4.78 is 8.17. The predicted molar refractivity (Wildman–Crippen MR) is 149 cm³/mol. The van der Waals surface area contributed by atoms with Gasteiger partial charge in [-0.05, 0) is 55.2 Å². The second-order valence-electron chi connectivity index (χ2n) is 9.52. The molecule has 5 rings (SSSR count). The summed E-state index contributed by atoms with van der Waals surface area (Å²) in [7, 11) is 0. The molecule has 9 nitrogen and oxygen atoms in total. The number of carbonyl (C=O) groups excluding carboxylic acids is 1. The molecular weight excluding hydrogens is 478 g/mol. The van der Waals surface area contributed by atoms with Crippen molar-refractivity contribution in [3.8, 4) is 0 Å². The fourth-order valence-electron chi connectivity index (χ4n) is 4.92. The van der Waals surface area contributed by atoms with Crippen molar-refractivity contribution in [3.63, 3.8) is 0 Å². The van der Waals surface area contributed by atoms with Gasteiger partial charge in [0.05, 0.1) is 23.7 Å². The van der Waals surface area contributed by atoms with Crippen LogP contribution in [0.1, 0.15) is 40.2 Å². The first-order valence-electron chi connectivity index (χ1n) is 13.0. The third kappa shape index (κ3) is 5.58. The zero-order valence-electron chi connectivity index (χ0n) is 21.3. The van der Waals surface area contributed by atoms with Crippen LogP contribution < -0.4 is 16.4 Å². The molecule has 1 fully saturated rings. The number of pyridine rings is 1. The average Bonchev–Trinajstić information content (AvgIpc) is 3.58. The second-order valence-corrected chi connectivity index (χ2v) is 9.52. The number of hydrogen-bond acceptors (Lipinski definition) is 6. The molecule has 0 bridgehead atoms. The topological polar surface area (TPSA) is 136 Å². The van der Waals surface area contributed by atoms with Crippen LogP contribution in [-0.2, 0) is 24.1 Å². The Bertz CT molecular complexity index is 1410. The number of carbonyl (C=O) groups is 1. The first kappa shape index (κ1) is 25.6. The van der Waals surface area contributed by atoms with Gasteiger partial charge >= 0.3 is 0 Å². The average molecular weight is 512 g/mol. The number of hydrogen-bond donors (Lipinski definition) is 3. The maximum atomic E-state index is 13.5. The van der Waals surface area contributed by atoms with Crippen LogP contribution in [0.25, 0.3) is 11.0 Å². The normalized spacial score (nSPS) is 15.1. The van der Waals surface area contributed by atoms with E-state index >= 15 is 0 Å². The summed E-state index contributed by atoms with van der Waals surface area (Å²) in [5.41, 5.74) is 15.6. The number of anilines is 1. The number of fused-ring (bicyclic) bond motifs is 1. The van der Waals surface area contributed by atoms with Gasteiger partial charge in [-0.3, -0.25) is 15.1 Å². The van der Waals surface area contributed by atoms with Crippen molar-refractivity contribution in [2.75, 3.05) is 24.6 Å². The number of amidine groups is 1. The van der Waals surface area contributed by atoms with Crippen molar-refractivity contribution in [1.82, 2.24) is 14.5 Å². The summed E-state index contributed by atoms with van der Waals surface area (Å²) in [6, 6.07) is 18.9. The number of benzene rings is 2. The quantitative estimate of drug-likeness (QED) is 0.221. The van der Waals surface area contributed by atoms with Crippen LogP contribution in [0.15, 0.2) is 66.9 Å². The molecule has 1 unspecified atom stereocenters. The minimum atomic E-state index is -0.156. The van der Waals surface area contributed by atoms with Gasteiger partial charge in [0.25, 0.3) is 5.91 Å². The summed E-state index contributed by atoms with van der Waals surface area (Å²) in [5.74, 6) is 1.44. The van der Waals surface area contributed by atoms with Crippen molar-refractivity contribution in [1.29, 1.82) is 5.41 Å². The second kappa shape index (κ2) is 11.5. The molecule has 1 aliphatic rings. The lowest BCUT2D eigenvalue weighted by Crippen LogP contribution is -2.36. The van der Waals surface area contributed by atoms with Crippen molar-refractivity contribution in [2.45, 2.75) is 38.3 Å². The highest BCUT2D eigenvalue weighted by Gasteiger charge is 2.22. The van der Waals surface area contributed by atoms with Gasteiger partial charge < -0.3 is 20.8 Å². The highest BCUT2D eigenvalue weighted by atomic mass is 16.5. The predicted octanol–water partition coefficient (Wildman–Crippen LogP) is 3.29. The number of nitrogens with zero attached hydrogens (tertiary/aromatic N) is 4. The molecule has 1 saturated heterocycles. The van der Waals surface area contributed by atoms with E-state index in [1.807, 2.05) is 60.7 Å². The lowest BCUT2D eigenvalue weighted by Gasteiger charge is -2.21. The molecule has 3 heterocycles. The number of aromatic nitrogens is 3. The lowest BCUT2D eigenvalue weighted by molar-refractivity contribution is 0.0971. The molecule has 1 aliphatic heterocycles. The maximum Gasteiger partial charge on any atom is 0.259 e. The smallest absolute Gasteiger partial charge is 0.259 e. The molecule has 0 spiro atoms. The number of ether oxygens (including phenoxy) is 1. The van der Waals surface area contributed by atoms with Gasteiger partial charge in [-0.2, -0.15) is 0 Å². The third-order valence-corrected chi connectivity index (χ3v) is 6.91. The Hall–Kier alpha value is -4.08. The monoisotopic (exact) mass is 511 g/mol. The Balaban J connectivity index is 1.44. The molecule has 1 atom stereocenters. The first-order valence-corrected chi connectivity index (χ1v) is 13.0. The Morgan fingerprint density at radius 1 is 1.11 bits per heavy atom. The number of nitrogen functional groups attached to an aromatic ring is 1. The zero-order valence-corrected chi connectivity index (χ0v) is 21.3. The third-order valence-electron chi connectivity index (χ3n) is 6.91. The van der Waals surface area contributed by atoms with Gasteiger partial charge in [-0.15, -0.1) is 0 Å². The van der Waals surface area contributed by atoms with Gasteiger partial charge in [-0.25, -0.2) is 9.97 Å². The Labute approximate surface area is 221 Å². The molecule has 2 aromatic carbocycles. The fraction of sp³-hybridized carbons (Fsp3) is 0.310. The van der Waals surface area contributed by atoms with Crippen LogP contribution in [0.3, 0.4) is 0 Å². The molecule has 5 N–H and O–H groups in total. The van der Waals surface area contributed by atoms with Crippen molar-refractivity contribution >= 4 is 28.6 Å². The molecular formula is C29H33N7O2. The molecule has 1 amide bonds. The summed E-state index contributed by atoms with van der Waals surface area (Å²) in [6.07, 6.45) is 5.45. The molecule has 0 saturated carbocycles. The summed E-state index contributed by atoms with van der Waals surface area (Å²) in [6.45, 7) is 2.22. The molecule has 38 heavy (non-hydrogen) atoms. The van der Waals surface area contributed by atoms with E-state index in [1.54, 1.807) is 11.1 Å². The van der Waals surface area contributed by atoms with Crippen LogP contribution >= 0.6 is 0 Å². The number of nitrogens with two attached hydrogens (primary N) is 2. The van der Waals surface area contributed by atoms with E-state index in [9.17, 15) is 4.79 Å². The molecule has 4 aromatic rings. The SMILES string of the molecule is N=C(N)c1ccc(CCc2nc3cc(C(=O)N(CCN)c4ccccn4)ccc3n2CC2CCCO2)cc1. The standard InChI is InChI=1S/C29H33N7O2/c30-14-16-35(26-5-1-2-15-33-26)29(37)22-11-12-25-24(18-22)34-27(36(25)19-23-4-3-17-38-23)13-8-20-6-9-21(10-7-20)28(31)32/h1-2,5-7,9-12,15,18,23H,3-4,8,13-14,16-17,19,30H2,(H3,31,32). The summed E-state index contributed by atoms with van der Waals surface area (Å²) >= 11 is 0. The molecule has 196 valence electrons. The zero-order chi connectivity index (χ0) is 26.5. The van der Waals surface area contributed by atoms with Crippen molar-refractivity contribution < 1.29 is 9.53 Å². The van der Waals surface area contributed by atoms with Crippen LogP contribution in [0.2, 0.25) is 0 Å². The van der Waals surface area contributed by atoms with Crippen LogP contribution in [0.4, 0.5) is 5.82 Å². The molecule has 0 aliphatic carbocycles. The van der Waals surface area contributed by atoms with Gasteiger partial charge in [0.1, 0.15) is 17.5 Å². The number of nitrogens with one attached hydrogen (secondary N) is 1. The van der Waals surface area contributed by atoms with Gasteiger partial charge in [0, 0.05) is 43.4 Å². The first-order chi connectivity index (χ1) is 18.5. The lowest BCUT2D eigenvalue weighted by atomic mass is 10.1. The van der Waals surface area contributed by atoms with Gasteiger partial charge in [-0.1, -0.05) is 30.3 Å². The molecule has 2 aromatic heterocycles. The Morgan fingerprint density at radius 3 is 2.61 bits per heavy atom. The van der Waals surface area contributed by atoms with E-state index in [-0.39, 0.29) is 17.8 Å². The minimum Gasteiger partial charge on any atom is -0.384 e. The van der Waals surface area contributed by atoms with Gasteiger partial charge in [0.2, 0.25) is 0 Å². The number of aryl methyl sites for hydroxylation is 2. The largest absolute Gasteiger partial charge is 0.384 e. The van der Waals surface area contributed by atoms with E-state index < -0.39 is 0 Å². The summed E-state index contributed by atoms with van der Waals surface area (Å²) in [4.78, 5) is 24.4. The van der Waals surface area contributed by atoms with E-state index in [1.165, 1.54) is 0 Å². The van der Waals surface area contributed by atoms with Gasteiger partial charge in [0.15, 0.2) is 0 Å². The van der Waals surface area contributed by atoms with Crippen LogP contribution in [0.5, 0.6) is 0 Å². The van der Waals surface area contributed by atoms with Crippen LogP contribution in [0, 0.1) is 5.41 Å². The highest BCUT2D eigenvalue weighted by Crippen LogP contribution is 2.24. The highest BCUT2D eigenvalue weighted by molar-refractivity contribution is 6.07. The van der Waals surface area contributed by atoms with Crippen LogP contribution in [-0.4, -0.2) is 52.1 Å². The number of rotatable bonds is 10. The molecule has 9 heteroatoms. The minimum absolute atomic E-state index is 0.0633. The van der Waals surface area contributed by atoms with Crippen molar-refractivity contribution in [3.05, 3.63) is 89.4 Å². The van der Waals surface area contributed by atoms with Crippen molar-refractivity contribution in [2.24, 2.45) is 11.5 Å². The summed E-state index contributed by atoms with van der Waals surface area (Å²) in [5, 5.41) is 7.60. The number of amides is 1. The maximum absolute atomic E-state index is 13.5. The van der Waals surface area contributed by atoms with E-state index in [4.69, 9.17) is 26.6 Å². The van der Waals surface area contributed by atoms with E-state index in [0.29, 0.717) is 30.0 Å².